The van der Waals surface area contributed by atoms with Gasteiger partial charge in [0.15, 0.2) is 5.75 Å². The third kappa shape index (κ3) is 3.38. The van der Waals surface area contributed by atoms with Crippen LogP contribution < -0.4 is 32.5 Å². The lowest BCUT2D eigenvalue weighted by atomic mass is 9.97. The van der Waals surface area contributed by atoms with E-state index in [1.54, 1.807) is 24.9 Å². The van der Waals surface area contributed by atoms with Gasteiger partial charge in [-0.3, -0.25) is 9.36 Å². The fourth-order valence-electron chi connectivity index (χ4n) is 4.37. The minimum Gasteiger partial charge on any atom is -0.492 e. The van der Waals surface area contributed by atoms with Crippen LogP contribution in [0.25, 0.3) is 10.9 Å². The van der Waals surface area contributed by atoms with Crippen molar-refractivity contribution in [2.75, 3.05) is 44.7 Å². The molecule has 158 valence electrons. The van der Waals surface area contributed by atoms with E-state index < -0.39 is 11.2 Å². The van der Waals surface area contributed by atoms with Crippen LogP contribution in [0.4, 0.5) is 5.69 Å². The number of nitrogens with two attached hydrogens (primary N) is 2. The predicted octanol–water partition coefficient (Wildman–Crippen LogP) is 0.411. The number of anilines is 1. The number of nitrogens with zero attached hydrogens (tertiary/aromatic N) is 3. The highest BCUT2D eigenvalue weighted by atomic mass is 16.5. The maximum absolute atomic E-state index is 12.7. The van der Waals surface area contributed by atoms with Crippen molar-refractivity contribution in [1.82, 2.24) is 9.24 Å². The molecule has 0 unspecified atom stereocenters. The van der Waals surface area contributed by atoms with Gasteiger partial charge in [-0.15, -0.1) is 0 Å². The van der Waals surface area contributed by atoms with Gasteiger partial charge in [0.1, 0.15) is 5.52 Å². The highest BCUT2D eigenvalue weighted by molar-refractivity contribution is 5.90. The molecule has 1 saturated heterocycles. The summed E-state index contributed by atoms with van der Waals surface area (Å²) >= 11 is 0. The molecular formula is C20H29N5O4. The molecule has 1 aliphatic heterocycles. The van der Waals surface area contributed by atoms with Crippen LogP contribution in [0.1, 0.15) is 31.7 Å². The molecule has 1 aromatic heterocycles. The molecule has 2 fully saturated rings. The van der Waals surface area contributed by atoms with Crippen LogP contribution in [-0.4, -0.2) is 49.2 Å². The third-order valence-corrected chi connectivity index (χ3v) is 6.16. The molecule has 4 rings (SSSR count). The molecule has 2 heterocycles. The van der Waals surface area contributed by atoms with Crippen LogP contribution in [-0.2, 0) is 4.74 Å². The van der Waals surface area contributed by atoms with E-state index in [1.165, 1.54) is 0 Å². The standard InChI is InChI=1S/C20H29N5O4/c1-28-10-8-15(21)12-7-9-23(11-12)16-6-5-14-17(18(16)29-2)24(13-3-4-13)20(27)25(22)19(14)26/h5-6,12-13,15H,3-4,7-11,21-22H2,1-2H3/t12-,15-/m1/s1. The summed E-state index contributed by atoms with van der Waals surface area (Å²) in [5.74, 6) is 6.66. The smallest absolute Gasteiger partial charge is 0.350 e. The van der Waals surface area contributed by atoms with Gasteiger partial charge >= 0.3 is 5.69 Å². The predicted molar refractivity (Wildman–Crippen MR) is 112 cm³/mol. The fourth-order valence-corrected chi connectivity index (χ4v) is 4.37. The normalized spacial score (nSPS) is 20.4. The van der Waals surface area contributed by atoms with Crippen molar-refractivity contribution >= 4 is 16.6 Å². The molecule has 29 heavy (non-hydrogen) atoms. The van der Waals surface area contributed by atoms with E-state index in [0.29, 0.717) is 33.9 Å². The van der Waals surface area contributed by atoms with E-state index in [1.807, 2.05) is 6.07 Å². The lowest BCUT2D eigenvalue weighted by Crippen LogP contribution is -2.44. The minimum absolute atomic E-state index is 0.0540. The minimum atomic E-state index is -0.507. The Kier molecular flexibility index (Phi) is 5.26. The van der Waals surface area contributed by atoms with Crippen molar-refractivity contribution in [1.29, 1.82) is 0 Å². The van der Waals surface area contributed by atoms with E-state index in [9.17, 15) is 9.59 Å². The summed E-state index contributed by atoms with van der Waals surface area (Å²) in [6.07, 6.45) is 3.58. The second-order valence-corrected chi connectivity index (χ2v) is 8.01. The molecule has 1 aromatic carbocycles. The maximum atomic E-state index is 12.7. The SMILES string of the molecule is COCC[C@@H](N)[C@@H]1CCN(c2ccc3c(=O)n(N)c(=O)n(C4CC4)c3c2OC)C1. The zero-order valence-electron chi connectivity index (χ0n) is 17.0. The van der Waals surface area contributed by atoms with E-state index in [2.05, 4.69) is 4.90 Å². The van der Waals surface area contributed by atoms with Crippen molar-refractivity contribution in [3.63, 3.8) is 0 Å². The number of fused-ring (bicyclic) bond motifs is 1. The Morgan fingerprint density at radius 3 is 2.62 bits per heavy atom. The van der Waals surface area contributed by atoms with Gasteiger partial charge in [-0.2, -0.15) is 4.68 Å². The van der Waals surface area contributed by atoms with E-state index >= 15 is 0 Å². The van der Waals surface area contributed by atoms with Crippen molar-refractivity contribution in [3.8, 4) is 5.75 Å². The molecule has 0 spiro atoms. The van der Waals surface area contributed by atoms with Gasteiger partial charge < -0.3 is 25.9 Å². The molecule has 1 aliphatic carbocycles. The summed E-state index contributed by atoms with van der Waals surface area (Å²) in [4.78, 5) is 27.6. The molecule has 2 atom stereocenters. The second kappa shape index (κ2) is 7.72. The van der Waals surface area contributed by atoms with E-state index in [0.717, 1.165) is 44.5 Å². The van der Waals surface area contributed by atoms with Crippen LogP contribution in [0.3, 0.4) is 0 Å². The summed E-state index contributed by atoms with van der Waals surface area (Å²) in [6, 6.07) is 3.75. The van der Waals surface area contributed by atoms with Crippen molar-refractivity contribution in [3.05, 3.63) is 33.0 Å². The number of hydrogen-bond donors (Lipinski definition) is 2. The molecule has 0 bridgehead atoms. The fraction of sp³-hybridized carbons (Fsp3) is 0.600. The Labute approximate surface area is 168 Å². The Bertz CT molecular complexity index is 1030. The summed E-state index contributed by atoms with van der Waals surface area (Å²) in [6.45, 7) is 2.29. The second-order valence-electron chi connectivity index (χ2n) is 8.01. The quantitative estimate of drug-likeness (QED) is 0.643. The van der Waals surface area contributed by atoms with Crippen LogP contribution in [0.2, 0.25) is 0 Å². The Morgan fingerprint density at radius 2 is 1.97 bits per heavy atom. The molecular weight excluding hydrogens is 374 g/mol. The average Bonchev–Trinajstić information content (AvgIpc) is 3.44. The molecule has 0 amide bonds. The zero-order chi connectivity index (χ0) is 20.7. The van der Waals surface area contributed by atoms with Gasteiger partial charge in [-0.05, 0) is 43.7 Å². The average molecular weight is 403 g/mol. The highest BCUT2D eigenvalue weighted by Gasteiger charge is 2.33. The Balaban J connectivity index is 1.77. The highest BCUT2D eigenvalue weighted by Crippen LogP contribution is 2.42. The molecule has 4 N–H and O–H groups in total. The summed E-state index contributed by atoms with van der Waals surface area (Å²) in [5, 5.41) is 0.396. The number of methoxy groups -OCH3 is 2. The van der Waals surface area contributed by atoms with E-state index in [4.69, 9.17) is 21.1 Å². The first kappa shape index (κ1) is 19.8. The van der Waals surface area contributed by atoms with Gasteiger partial charge in [0, 0.05) is 38.9 Å². The summed E-state index contributed by atoms with van der Waals surface area (Å²) in [7, 11) is 3.26. The largest absolute Gasteiger partial charge is 0.492 e. The lowest BCUT2D eigenvalue weighted by molar-refractivity contribution is 0.180. The third-order valence-electron chi connectivity index (χ3n) is 6.16. The van der Waals surface area contributed by atoms with Gasteiger partial charge in [0.25, 0.3) is 5.56 Å². The molecule has 2 aliphatic rings. The molecule has 9 nitrogen and oxygen atoms in total. The molecule has 9 heteroatoms. The first-order chi connectivity index (χ1) is 14.0. The van der Waals surface area contributed by atoms with E-state index in [-0.39, 0.29) is 12.1 Å². The first-order valence-electron chi connectivity index (χ1n) is 10.1. The number of hydrogen-bond acceptors (Lipinski definition) is 7. The van der Waals surface area contributed by atoms with Crippen LogP contribution in [0, 0.1) is 5.92 Å². The van der Waals surface area contributed by atoms with Gasteiger partial charge in [-0.1, -0.05) is 0 Å². The molecule has 0 radical (unpaired) electrons. The number of nitrogen functional groups attached to an aromatic ring is 1. The number of ether oxygens (including phenoxy) is 2. The lowest BCUT2D eigenvalue weighted by Gasteiger charge is -2.25. The van der Waals surface area contributed by atoms with Gasteiger partial charge in [0.05, 0.1) is 18.2 Å². The van der Waals surface area contributed by atoms with Gasteiger partial charge in [0.2, 0.25) is 0 Å². The number of benzene rings is 1. The summed E-state index contributed by atoms with van der Waals surface area (Å²) < 4.78 is 13.2. The van der Waals surface area contributed by atoms with Crippen molar-refractivity contribution in [2.45, 2.75) is 37.8 Å². The Morgan fingerprint density at radius 1 is 1.21 bits per heavy atom. The van der Waals surface area contributed by atoms with Crippen molar-refractivity contribution < 1.29 is 9.47 Å². The van der Waals surface area contributed by atoms with Crippen LogP contribution in [0.15, 0.2) is 21.7 Å². The van der Waals surface area contributed by atoms with Crippen molar-refractivity contribution in [2.24, 2.45) is 11.7 Å². The first-order valence-corrected chi connectivity index (χ1v) is 10.1. The van der Waals surface area contributed by atoms with Gasteiger partial charge in [-0.25, -0.2) is 4.79 Å². The summed E-state index contributed by atoms with van der Waals surface area (Å²) in [5.41, 5.74) is 6.77. The topological polar surface area (TPSA) is 118 Å². The maximum Gasteiger partial charge on any atom is 0.350 e. The monoisotopic (exact) mass is 403 g/mol. The molecule has 1 saturated carbocycles. The zero-order valence-corrected chi connectivity index (χ0v) is 17.0. The Hall–Kier alpha value is -2.52. The van der Waals surface area contributed by atoms with Crippen LogP contribution in [0.5, 0.6) is 5.75 Å². The molecule has 2 aromatic rings. The van der Waals surface area contributed by atoms with Crippen LogP contribution >= 0.6 is 0 Å². The number of aromatic nitrogens is 2. The number of rotatable bonds is 7.